The van der Waals surface area contributed by atoms with Crippen molar-refractivity contribution < 1.29 is 4.74 Å². The lowest BCUT2D eigenvalue weighted by atomic mass is 10.0. The molecule has 0 radical (unpaired) electrons. The normalized spacial score (nSPS) is 25.9. The molecule has 1 aromatic rings. The van der Waals surface area contributed by atoms with Crippen LogP contribution in [0.25, 0.3) is 0 Å². The maximum absolute atomic E-state index is 5.59. The predicted octanol–water partition coefficient (Wildman–Crippen LogP) is 2.56. The van der Waals surface area contributed by atoms with Gasteiger partial charge in [0.25, 0.3) is 0 Å². The molecule has 2 atom stereocenters. The highest BCUT2D eigenvalue weighted by molar-refractivity contribution is 5.54. The van der Waals surface area contributed by atoms with Crippen LogP contribution in [0.5, 0.6) is 0 Å². The van der Waals surface area contributed by atoms with Crippen LogP contribution in [0.15, 0.2) is 18.2 Å². The van der Waals surface area contributed by atoms with Crippen molar-refractivity contribution in [1.29, 1.82) is 0 Å². The summed E-state index contributed by atoms with van der Waals surface area (Å²) in [6.45, 7) is 6.26. The molecule has 3 rings (SSSR count). The molecule has 2 aliphatic rings. The zero-order chi connectivity index (χ0) is 13.1. The van der Waals surface area contributed by atoms with Crippen molar-refractivity contribution in [2.45, 2.75) is 38.8 Å². The van der Waals surface area contributed by atoms with Gasteiger partial charge in [-0.25, -0.2) is 0 Å². The summed E-state index contributed by atoms with van der Waals surface area (Å²) in [4.78, 5) is 0. The molecule has 1 aromatic carbocycles. The molecular weight excluding hydrogens is 236 g/mol. The number of benzene rings is 1. The molecule has 0 bridgehead atoms. The zero-order valence-electron chi connectivity index (χ0n) is 11.7. The highest BCUT2D eigenvalue weighted by Gasteiger charge is 2.23. The van der Waals surface area contributed by atoms with E-state index in [1.807, 2.05) is 0 Å². The molecule has 1 saturated heterocycles. The first-order chi connectivity index (χ1) is 9.33. The van der Waals surface area contributed by atoms with Crippen LogP contribution < -0.4 is 10.6 Å². The molecule has 2 N–H and O–H groups in total. The van der Waals surface area contributed by atoms with Crippen LogP contribution in [0, 0.1) is 5.92 Å². The van der Waals surface area contributed by atoms with Crippen LogP contribution >= 0.6 is 0 Å². The molecule has 0 spiro atoms. The molecule has 0 aromatic heterocycles. The quantitative estimate of drug-likeness (QED) is 0.873. The molecule has 2 heterocycles. The second-order valence-corrected chi connectivity index (χ2v) is 5.78. The van der Waals surface area contributed by atoms with Crippen molar-refractivity contribution in [2.75, 3.05) is 25.0 Å². The van der Waals surface area contributed by atoms with Gasteiger partial charge in [-0.15, -0.1) is 0 Å². The summed E-state index contributed by atoms with van der Waals surface area (Å²) in [5, 5.41) is 7.04. The van der Waals surface area contributed by atoms with Crippen molar-refractivity contribution in [3.63, 3.8) is 0 Å². The Morgan fingerprint density at radius 1 is 1.42 bits per heavy atom. The van der Waals surface area contributed by atoms with Crippen LogP contribution in [0.1, 0.15) is 30.9 Å². The minimum atomic E-state index is 0.417. The van der Waals surface area contributed by atoms with Crippen molar-refractivity contribution in [3.05, 3.63) is 29.3 Å². The average molecular weight is 260 g/mol. The van der Waals surface area contributed by atoms with Gasteiger partial charge >= 0.3 is 0 Å². The first-order valence-corrected chi connectivity index (χ1v) is 7.51. The molecule has 3 heteroatoms. The van der Waals surface area contributed by atoms with E-state index in [9.17, 15) is 0 Å². The van der Waals surface area contributed by atoms with E-state index in [4.69, 9.17) is 4.74 Å². The van der Waals surface area contributed by atoms with Gasteiger partial charge in [0, 0.05) is 31.9 Å². The third kappa shape index (κ3) is 3.10. The summed E-state index contributed by atoms with van der Waals surface area (Å²) >= 11 is 0. The summed E-state index contributed by atoms with van der Waals surface area (Å²) in [5.74, 6) is 0.680. The SMILES string of the molecule is CC1OCCC1CNCc1ccc2c(c1)CCCN2. The standard InChI is InChI=1S/C16H24N2O/c1-12-15(6-8-19-12)11-17-10-13-4-5-16-14(9-13)3-2-7-18-16/h4-5,9,12,15,17-18H,2-3,6-8,10-11H2,1H3. The van der Waals surface area contributed by atoms with Crippen molar-refractivity contribution >= 4 is 5.69 Å². The Labute approximate surface area is 115 Å². The Morgan fingerprint density at radius 3 is 3.21 bits per heavy atom. The number of ether oxygens (including phenoxy) is 1. The van der Waals surface area contributed by atoms with Crippen molar-refractivity contribution in [3.8, 4) is 0 Å². The van der Waals surface area contributed by atoms with Gasteiger partial charge in [0.1, 0.15) is 0 Å². The molecule has 2 unspecified atom stereocenters. The van der Waals surface area contributed by atoms with Gasteiger partial charge in [-0.2, -0.15) is 0 Å². The first kappa shape index (κ1) is 12.9. The first-order valence-electron chi connectivity index (χ1n) is 7.51. The Bertz CT molecular complexity index is 433. The van der Waals surface area contributed by atoms with Crippen LogP contribution in [-0.4, -0.2) is 25.8 Å². The minimum absolute atomic E-state index is 0.417. The van der Waals surface area contributed by atoms with Crippen LogP contribution in [-0.2, 0) is 17.7 Å². The third-order valence-electron chi connectivity index (χ3n) is 4.38. The molecular formula is C16H24N2O. The third-order valence-corrected chi connectivity index (χ3v) is 4.38. The van der Waals surface area contributed by atoms with E-state index in [-0.39, 0.29) is 0 Å². The Balaban J connectivity index is 1.52. The molecule has 0 aliphatic carbocycles. The fourth-order valence-electron chi connectivity index (χ4n) is 3.08. The number of fused-ring (bicyclic) bond motifs is 1. The van der Waals surface area contributed by atoms with Crippen LogP contribution in [0.4, 0.5) is 5.69 Å². The summed E-state index contributed by atoms with van der Waals surface area (Å²) < 4.78 is 5.59. The lowest BCUT2D eigenvalue weighted by Crippen LogP contribution is -2.26. The van der Waals surface area contributed by atoms with Gasteiger partial charge in [0.2, 0.25) is 0 Å². The number of hydrogen-bond acceptors (Lipinski definition) is 3. The van der Waals surface area contributed by atoms with Crippen molar-refractivity contribution in [2.24, 2.45) is 5.92 Å². The van der Waals surface area contributed by atoms with Gasteiger partial charge in [-0.05, 0) is 49.3 Å². The van der Waals surface area contributed by atoms with E-state index >= 15 is 0 Å². The topological polar surface area (TPSA) is 33.3 Å². The van der Waals surface area contributed by atoms with E-state index < -0.39 is 0 Å². The molecule has 3 nitrogen and oxygen atoms in total. The van der Waals surface area contributed by atoms with Gasteiger partial charge in [0.15, 0.2) is 0 Å². The number of anilines is 1. The van der Waals surface area contributed by atoms with Gasteiger partial charge in [-0.3, -0.25) is 0 Å². The van der Waals surface area contributed by atoms with Crippen LogP contribution in [0.3, 0.4) is 0 Å². The maximum atomic E-state index is 5.59. The van der Waals surface area contributed by atoms with Gasteiger partial charge in [-0.1, -0.05) is 12.1 Å². The van der Waals surface area contributed by atoms with E-state index in [0.29, 0.717) is 12.0 Å². The molecule has 1 fully saturated rings. The molecule has 0 amide bonds. The zero-order valence-corrected chi connectivity index (χ0v) is 11.7. The highest BCUT2D eigenvalue weighted by Crippen LogP contribution is 2.23. The van der Waals surface area contributed by atoms with Gasteiger partial charge in [0.05, 0.1) is 6.10 Å². The summed E-state index contributed by atoms with van der Waals surface area (Å²) in [5.41, 5.74) is 4.20. The highest BCUT2D eigenvalue weighted by atomic mass is 16.5. The Kier molecular flexibility index (Phi) is 4.04. The van der Waals surface area contributed by atoms with Crippen molar-refractivity contribution in [1.82, 2.24) is 5.32 Å². The number of aryl methyl sites for hydroxylation is 1. The fourth-order valence-corrected chi connectivity index (χ4v) is 3.08. The second-order valence-electron chi connectivity index (χ2n) is 5.78. The summed E-state index contributed by atoms with van der Waals surface area (Å²) in [6, 6.07) is 6.81. The minimum Gasteiger partial charge on any atom is -0.385 e. The monoisotopic (exact) mass is 260 g/mol. The smallest absolute Gasteiger partial charge is 0.0588 e. The molecule has 2 aliphatic heterocycles. The lowest BCUT2D eigenvalue weighted by molar-refractivity contribution is 0.105. The van der Waals surface area contributed by atoms with E-state index in [0.717, 1.165) is 26.2 Å². The maximum Gasteiger partial charge on any atom is 0.0588 e. The summed E-state index contributed by atoms with van der Waals surface area (Å²) in [6.07, 6.45) is 4.08. The molecule has 104 valence electrons. The summed E-state index contributed by atoms with van der Waals surface area (Å²) in [7, 11) is 0. The average Bonchev–Trinajstić information content (AvgIpc) is 2.84. The van der Waals surface area contributed by atoms with E-state index in [2.05, 4.69) is 35.8 Å². The van der Waals surface area contributed by atoms with Gasteiger partial charge < -0.3 is 15.4 Å². The molecule has 19 heavy (non-hydrogen) atoms. The van der Waals surface area contributed by atoms with Crippen LogP contribution in [0.2, 0.25) is 0 Å². The van der Waals surface area contributed by atoms with E-state index in [1.54, 1.807) is 0 Å². The lowest BCUT2D eigenvalue weighted by Gasteiger charge is -2.19. The predicted molar refractivity (Wildman–Crippen MR) is 78.5 cm³/mol. The number of rotatable bonds is 4. The fraction of sp³-hybridized carbons (Fsp3) is 0.625. The van der Waals surface area contributed by atoms with E-state index in [1.165, 1.54) is 36.1 Å². The number of nitrogens with one attached hydrogen (secondary N) is 2. The Hall–Kier alpha value is -1.06. The number of hydrogen-bond donors (Lipinski definition) is 2. The molecule has 0 saturated carbocycles. The largest absolute Gasteiger partial charge is 0.385 e. The second kappa shape index (κ2) is 5.93. The Morgan fingerprint density at radius 2 is 2.37 bits per heavy atom.